The van der Waals surface area contributed by atoms with Gasteiger partial charge in [-0.2, -0.15) is 22.3 Å². The van der Waals surface area contributed by atoms with Gasteiger partial charge >= 0.3 is 21.1 Å². The Morgan fingerprint density at radius 2 is 1.11 bits per heavy atom. The van der Waals surface area contributed by atoms with Crippen LogP contribution in [-0.4, -0.2) is 29.5 Å². The minimum atomic E-state index is -0.162. The molecule has 0 bridgehead atoms. The molecule has 0 atom stereocenters. The van der Waals surface area contributed by atoms with Crippen LogP contribution in [0.3, 0.4) is 0 Å². The van der Waals surface area contributed by atoms with Gasteiger partial charge in [-0.15, -0.1) is 36.4 Å². The van der Waals surface area contributed by atoms with E-state index in [9.17, 15) is 0 Å². The van der Waals surface area contributed by atoms with Crippen molar-refractivity contribution in [1.29, 1.82) is 0 Å². The first-order valence-corrected chi connectivity index (χ1v) is 12.3. The standard InChI is InChI=1S/C30H31N7.Pt/c1-29(2,3)26-21-27(30(4,5)6)34-28(33-26)37(24-13-7-11-22(19-24)35-17-9-15-31-35)25-14-8-12-23(20-25)36-18-10-16-32-36;/h7-18,21H,1-6H3;/q-2;+2. The third-order valence-corrected chi connectivity index (χ3v) is 5.96. The molecule has 0 fully saturated rings. The summed E-state index contributed by atoms with van der Waals surface area (Å²) in [6.45, 7) is 13.0. The van der Waals surface area contributed by atoms with Crippen molar-refractivity contribution >= 4 is 17.3 Å². The van der Waals surface area contributed by atoms with Crippen LogP contribution >= 0.6 is 0 Å². The molecule has 0 radical (unpaired) electrons. The van der Waals surface area contributed by atoms with Gasteiger partial charge in [-0.3, -0.25) is 9.36 Å². The largest absolute Gasteiger partial charge is 2.00 e. The number of benzene rings is 2. The third-order valence-electron chi connectivity index (χ3n) is 5.96. The summed E-state index contributed by atoms with van der Waals surface area (Å²) in [6, 6.07) is 24.9. The molecule has 7 nitrogen and oxygen atoms in total. The Kier molecular flexibility index (Phi) is 7.70. The second kappa shape index (κ2) is 10.7. The molecule has 38 heavy (non-hydrogen) atoms. The molecule has 0 aliphatic heterocycles. The molecule has 0 saturated carbocycles. The van der Waals surface area contributed by atoms with Gasteiger partial charge in [-0.25, -0.2) is 9.97 Å². The van der Waals surface area contributed by atoms with Gasteiger partial charge in [0, 0.05) is 35.6 Å². The van der Waals surface area contributed by atoms with E-state index in [0.717, 1.165) is 34.1 Å². The molecule has 5 aromatic rings. The van der Waals surface area contributed by atoms with Crippen molar-refractivity contribution in [2.75, 3.05) is 4.90 Å². The monoisotopic (exact) mass is 684 g/mol. The molecule has 3 heterocycles. The van der Waals surface area contributed by atoms with Gasteiger partial charge in [0.1, 0.15) is 0 Å². The first-order chi connectivity index (χ1) is 17.6. The Hall–Kier alpha value is -3.57. The van der Waals surface area contributed by atoms with Gasteiger partial charge in [0.25, 0.3) is 0 Å². The predicted molar refractivity (Wildman–Crippen MR) is 146 cm³/mol. The summed E-state index contributed by atoms with van der Waals surface area (Å²) in [4.78, 5) is 12.2. The zero-order valence-corrected chi connectivity index (χ0v) is 24.7. The Balaban J connectivity index is 0.00000336. The van der Waals surface area contributed by atoms with E-state index < -0.39 is 0 Å². The van der Waals surface area contributed by atoms with E-state index in [1.54, 1.807) is 21.8 Å². The van der Waals surface area contributed by atoms with Crippen LogP contribution in [0.5, 0.6) is 0 Å². The number of hydrogen-bond donors (Lipinski definition) is 0. The molecule has 0 spiro atoms. The van der Waals surface area contributed by atoms with Crippen molar-refractivity contribution in [1.82, 2.24) is 29.5 Å². The smallest absolute Gasteiger partial charge is 0.327 e. The predicted octanol–water partition coefficient (Wildman–Crippen LogP) is 6.51. The summed E-state index contributed by atoms with van der Waals surface area (Å²) in [7, 11) is 0. The van der Waals surface area contributed by atoms with Crippen LogP contribution in [0.2, 0.25) is 0 Å². The molecule has 2 aromatic carbocycles. The molecule has 0 aliphatic carbocycles. The van der Waals surface area contributed by atoms with Gasteiger partial charge in [0.2, 0.25) is 5.95 Å². The summed E-state index contributed by atoms with van der Waals surface area (Å²) >= 11 is 0. The molecular weight excluding hydrogens is 653 g/mol. The van der Waals surface area contributed by atoms with E-state index in [4.69, 9.17) is 9.97 Å². The summed E-state index contributed by atoms with van der Waals surface area (Å²) < 4.78 is 3.58. The Bertz CT molecular complexity index is 1380. The van der Waals surface area contributed by atoms with Gasteiger partial charge in [-0.05, 0) is 29.6 Å². The van der Waals surface area contributed by atoms with Crippen molar-refractivity contribution in [2.45, 2.75) is 52.4 Å². The minimum absolute atomic E-state index is 0. The summed E-state index contributed by atoms with van der Waals surface area (Å²) in [5, 5.41) is 8.78. The van der Waals surface area contributed by atoms with Crippen molar-refractivity contribution in [2.24, 2.45) is 0 Å². The maximum Gasteiger partial charge on any atom is 2.00 e. The first-order valence-electron chi connectivity index (χ1n) is 12.3. The molecule has 196 valence electrons. The molecule has 0 unspecified atom stereocenters. The van der Waals surface area contributed by atoms with Gasteiger partial charge < -0.3 is 4.90 Å². The normalized spacial score (nSPS) is 11.7. The summed E-state index contributed by atoms with van der Waals surface area (Å²) in [6.07, 6.45) is 7.31. The van der Waals surface area contributed by atoms with Crippen LogP contribution < -0.4 is 4.90 Å². The van der Waals surface area contributed by atoms with E-state index in [2.05, 4.69) is 69.9 Å². The Morgan fingerprint density at radius 3 is 1.47 bits per heavy atom. The fraction of sp³-hybridized carbons (Fsp3) is 0.267. The van der Waals surface area contributed by atoms with Crippen molar-refractivity contribution < 1.29 is 21.1 Å². The first kappa shape index (κ1) is 27.5. The summed E-state index contributed by atoms with van der Waals surface area (Å²) in [5.41, 5.74) is 4.82. The zero-order valence-electron chi connectivity index (χ0n) is 22.5. The Morgan fingerprint density at radius 1 is 0.658 bits per heavy atom. The number of nitrogens with zero attached hydrogens (tertiary/aromatic N) is 7. The second-order valence-corrected chi connectivity index (χ2v) is 11.0. The maximum absolute atomic E-state index is 5.09. The van der Waals surface area contributed by atoms with Gasteiger partial charge in [0.05, 0.1) is 11.4 Å². The molecule has 0 amide bonds. The van der Waals surface area contributed by atoms with Crippen LogP contribution in [-0.2, 0) is 31.9 Å². The van der Waals surface area contributed by atoms with Crippen LogP contribution in [0.4, 0.5) is 17.3 Å². The van der Waals surface area contributed by atoms with Crippen LogP contribution in [0.25, 0.3) is 11.4 Å². The van der Waals surface area contributed by atoms with E-state index in [1.807, 2.05) is 65.8 Å². The number of hydrogen-bond acceptors (Lipinski definition) is 5. The number of aromatic nitrogens is 6. The average Bonchev–Trinajstić information content (AvgIpc) is 3.58. The SMILES string of the molecule is CC(C)(C)c1cc(C(C)(C)C)nc(N(c2[c-]c(-n3cccn3)ccc2)c2[c-]c(-n3cccn3)ccc2)n1.[Pt+2]. The number of rotatable bonds is 5. The maximum atomic E-state index is 5.09. The molecule has 0 aliphatic rings. The summed E-state index contributed by atoms with van der Waals surface area (Å²) in [5.74, 6) is 0.570. The van der Waals surface area contributed by atoms with Crippen LogP contribution in [0.15, 0.2) is 79.4 Å². The van der Waals surface area contributed by atoms with E-state index in [-0.39, 0.29) is 31.9 Å². The fourth-order valence-corrected chi connectivity index (χ4v) is 3.89. The van der Waals surface area contributed by atoms with E-state index in [0.29, 0.717) is 5.95 Å². The van der Waals surface area contributed by atoms with Crippen molar-refractivity contribution in [3.63, 3.8) is 0 Å². The van der Waals surface area contributed by atoms with Gasteiger partial charge in [0.15, 0.2) is 0 Å². The fourth-order valence-electron chi connectivity index (χ4n) is 3.89. The average molecular weight is 685 g/mol. The minimum Gasteiger partial charge on any atom is -0.327 e. The molecule has 0 N–H and O–H groups in total. The van der Waals surface area contributed by atoms with Crippen molar-refractivity contribution in [3.05, 3.63) is 103 Å². The molecule has 0 saturated heterocycles. The van der Waals surface area contributed by atoms with E-state index >= 15 is 0 Å². The quantitative estimate of drug-likeness (QED) is 0.198. The van der Waals surface area contributed by atoms with Gasteiger partial charge in [-0.1, -0.05) is 52.9 Å². The van der Waals surface area contributed by atoms with Crippen molar-refractivity contribution in [3.8, 4) is 11.4 Å². The molecule has 5 rings (SSSR count). The number of anilines is 3. The van der Waals surface area contributed by atoms with Crippen LogP contribution in [0, 0.1) is 12.1 Å². The van der Waals surface area contributed by atoms with Crippen LogP contribution in [0.1, 0.15) is 52.9 Å². The molecular formula is C30H31N7Pt. The zero-order chi connectivity index (χ0) is 26.2. The van der Waals surface area contributed by atoms with E-state index in [1.165, 1.54) is 0 Å². The molecule has 3 aromatic heterocycles. The second-order valence-electron chi connectivity index (χ2n) is 11.0. The molecule has 8 heteroatoms. The third kappa shape index (κ3) is 5.78. The topological polar surface area (TPSA) is 64.7 Å². The Labute approximate surface area is 238 Å².